The summed E-state index contributed by atoms with van der Waals surface area (Å²) in [5.41, 5.74) is 0. The number of nitrogens with zero attached hydrogens (tertiary/aromatic N) is 3. The zero-order chi connectivity index (χ0) is 11.4. The molecular formula is C10H15N5O. The van der Waals surface area contributed by atoms with Crippen molar-refractivity contribution in [3.8, 4) is 0 Å². The van der Waals surface area contributed by atoms with Crippen LogP contribution in [-0.4, -0.2) is 26.5 Å². The third kappa shape index (κ3) is 2.65. The molecule has 1 heterocycles. The highest BCUT2D eigenvalue weighted by Gasteiger charge is 2.17. The number of carbonyl (C=O) groups is 1. The van der Waals surface area contributed by atoms with Crippen LogP contribution in [0.5, 0.6) is 0 Å². The van der Waals surface area contributed by atoms with Gasteiger partial charge in [0.1, 0.15) is 0 Å². The fourth-order valence-corrected chi connectivity index (χ4v) is 1.82. The van der Waals surface area contributed by atoms with Crippen molar-refractivity contribution in [1.82, 2.24) is 25.9 Å². The molecule has 2 atom stereocenters. The fraction of sp³-hybridized carbons (Fsp3) is 0.600. The van der Waals surface area contributed by atoms with Crippen LogP contribution in [0.4, 0.5) is 0 Å². The number of hydrogen-bond donors (Lipinski definition) is 2. The molecule has 0 aromatic carbocycles. The number of aromatic amines is 1. The molecule has 86 valence electrons. The van der Waals surface area contributed by atoms with Crippen molar-refractivity contribution < 1.29 is 4.79 Å². The van der Waals surface area contributed by atoms with E-state index in [1.807, 2.05) is 6.92 Å². The molecular weight excluding hydrogens is 206 g/mol. The Hall–Kier alpha value is -1.72. The standard InChI is InChI=1S/C10H15N5O/c1-7(10-12-14-15-13-10)11-9(16)6-8-4-2-3-5-8/h2,4,7-8H,3,5-6H2,1H3,(H,11,16)(H,12,13,14,15). The third-order valence-electron chi connectivity index (χ3n) is 2.69. The minimum absolute atomic E-state index is 0.0360. The van der Waals surface area contributed by atoms with Crippen molar-refractivity contribution in [2.24, 2.45) is 5.92 Å². The zero-order valence-corrected chi connectivity index (χ0v) is 9.18. The molecule has 0 radical (unpaired) electrons. The van der Waals surface area contributed by atoms with Gasteiger partial charge in [0.05, 0.1) is 6.04 Å². The lowest BCUT2D eigenvalue weighted by molar-refractivity contribution is -0.122. The Kier molecular flexibility index (Phi) is 3.28. The van der Waals surface area contributed by atoms with E-state index in [9.17, 15) is 4.79 Å². The van der Waals surface area contributed by atoms with Crippen LogP contribution in [0.25, 0.3) is 0 Å². The number of tetrazole rings is 1. The molecule has 1 aromatic heterocycles. The second-order valence-corrected chi connectivity index (χ2v) is 4.03. The van der Waals surface area contributed by atoms with Crippen molar-refractivity contribution in [1.29, 1.82) is 0 Å². The lowest BCUT2D eigenvalue weighted by atomic mass is 10.0. The van der Waals surface area contributed by atoms with Crippen LogP contribution in [0.3, 0.4) is 0 Å². The highest BCUT2D eigenvalue weighted by Crippen LogP contribution is 2.20. The summed E-state index contributed by atoms with van der Waals surface area (Å²) in [4.78, 5) is 11.7. The SMILES string of the molecule is CC(NC(=O)CC1C=CCC1)c1nn[nH]n1. The smallest absolute Gasteiger partial charge is 0.221 e. The van der Waals surface area contributed by atoms with Crippen LogP contribution >= 0.6 is 0 Å². The predicted octanol–water partition coefficient (Wildman–Crippen LogP) is 0.733. The van der Waals surface area contributed by atoms with Gasteiger partial charge in [0.25, 0.3) is 0 Å². The summed E-state index contributed by atoms with van der Waals surface area (Å²) in [6, 6.07) is -0.198. The Morgan fingerprint density at radius 2 is 2.62 bits per heavy atom. The van der Waals surface area contributed by atoms with E-state index in [0.717, 1.165) is 12.8 Å². The summed E-state index contributed by atoms with van der Waals surface area (Å²) in [5.74, 6) is 0.932. The number of nitrogens with one attached hydrogen (secondary N) is 2. The van der Waals surface area contributed by atoms with Gasteiger partial charge in [0.2, 0.25) is 5.91 Å². The van der Waals surface area contributed by atoms with Crippen LogP contribution in [0.1, 0.15) is 38.1 Å². The average Bonchev–Trinajstić information content (AvgIpc) is 2.88. The molecule has 6 nitrogen and oxygen atoms in total. The largest absolute Gasteiger partial charge is 0.346 e. The second-order valence-electron chi connectivity index (χ2n) is 4.03. The number of H-pyrrole nitrogens is 1. The van der Waals surface area contributed by atoms with Gasteiger partial charge < -0.3 is 5.32 Å². The number of carbonyl (C=O) groups excluding carboxylic acids is 1. The number of rotatable bonds is 4. The monoisotopic (exact) mass is 221 g/mol. The van der Waals surface area contributed by atoms with E-state index in [4.69, 9.17) is 0 Å². The molecule has 6 heteroatoms. The first-order valence-electron chi connectivity index (χ1n) is 5.45. The van der Waals surface area contributed by atoms with Gasteiger partial charge in [0, 0.05) is 6.42 Å². The molecule has 2 unspecified atom stereocenters. The van der Waals surface area contributed by atoms with Gasteiger partial charge in [-0.2, -0.15) is 5.21 Å². The normalized spacial score (nSPS) is 20.9. The number of allylic oxidation sites excluding steroid dienone is 2. The predicted molar refractivity (Wildman–Crippen MR) is 57.2 cm³/mol. The lowest BCUT2D eigenvalue weighted by Crippen LogP contribution is -2.28. The summed E-state index contributed by atoms with van der Waals surface area (Å²) >= 11 is 0. The van der Waals surface area contributed by atoms with E-state index in [-0.39, 0.29) is 11.9 Å². The van der Waals surface area contributed by atoms with E-state index < -0.39 is 0 Å². The summed E-state index contributed by atoms with van der Waals surface area (Å²) in [7, 11) is 0. The van der Waals surface area contributed by atoms with Crippen LogP contribution < -0.4 is 5.32 Å². The Morgan fingerprint density at radius 1 is 1.75 bits per heavy atom. The van der Waals surface area contributed by atoms with Crippen LogP contribution in [0.15, 0.2) is 12.2 Å². The molecule has 0 saturated heterocycles. The molecule has 16 heavy (non-hydrogen) atoms. The minimum Gasteiger partial charge on any atom is -0.346 e. The van der Waals surface area contributed by atoms with Crippen molar-refractivity contribution in [2.45, 2.75) is 32.2 Å². The van der Waals surface area contributed by atoms with Gasteiger partial charge in [0.15, 0.2) is 5.82 Å². The Labute approximate surface area is 93.5 Å². The first kappa shape index (κ1) is 10.8. The topological polar surface area (TPSA) is 83.6 Å². The van der Waals surface area contributed by atoms with Gasteiger partial charge in [-0.15, -0.1) is 10.2 Å². The highest BCUT2D eigenvalue weighted by atomic mass is 16.1. The summed E-state index contributed by atoms with van der Waals surface area (Å²) in [5, 5.41) is 16.3. The van der Waals surface area contributed by atoms with E-state index in [2.05, 4.69) is 38.1 Å². The number of amides is 1. The van der Waals surface area contributed by atoms with Gasteiger partial charge in [-0.3, -0.25) is 4.79 Å². The van der Waals surface area contributed by atoms with E-state index >= 15 is 0 Å². The first-order valence-corrected chi connectivity index (χ1v) is 5.45. The van der Waals surface area contributed by atoms with Gasteiger partial charge in [-0.05, 0) is 25.7 Å². The molecule has 2 N–H and O–H groups in total. The lowest BCUT2D eigenvalue weighted by Gasteiger charge is -2.12. The maximum Gasteiger partial charge on any atom is 0.221 e. The summed E-state index contributed by atoms with van der Waals surface area (Å²) in [6.45, 7) is 1.84. The van der Waals surface area contributed by atoms with Crippen LogP contribution in [0, 0.1) is 5.92 Å². The van der Waals surface area contributed by atoms with E-state index in [0.29, 0.717) is 18.2 Å². The average molecular weight is 221 g/mol. The van der Waals surface area contributed by atoms with Crippen molar-refractivity contribution in [3.63, 3.8) is 0 Å². The van der Waals surface area contributed by atoms with Gasteiger partial charge in [-0.25, -0.2) is 0 Å². The fourth-order valence-electron chi connectivity index (χ4n) is 1.82. The van der Waals surface area contributed by atoms with E-state index in [1.54, 1.807) is 0 Å². The molecule has 0 aliphatic heterocycles. The molecule has 1 aromatic rings. The van der Waals surface area contributed by atoms with Crippen molar-refractivity contribution >= 4 is 5.91 Å². The quantitative estimate of drug-likeness (QED) is 0.734. The zero-order valence-electron chi connectivity index (χ0n) is 9.18. The number of hydrogen-bond acceptors (Lipinski definition) is 4. The minimum atomic E-state index is -0.198. The molecule has 0 saturated carbocycles. The molecule has 1 amide bonds. The van der Waals surface area contributed by atoms with Gasteiger partial charge in [-0.1, -0.05) is 17.4 Å². The Bertz CT molecular complexity index is 373. The van der Waals surface area contributed by atoms with Gasteiger partial charge >= 0.3 is 0 Å². The molecule has 1 aliphatic carbocycles. The van der Waals surface area contributed by atoms with Crippen molar-refractivity contribution in [2.75, 3.05) is 0 Å². The van der Waals surface area contributed by atoms with Crippen molar-refractivity contribution in [3.05, 3.63) is 18.0 Å². The number of aromatic nitrogens is 4. The first-order chi connectivity index (χ1) is 7.75. The Balaban J connectivity index is 1.80. The molecule has 0 spiro atoms. The third-order valence-corrected chi connectivity index (χ3v) is 2.69. The molecule has 0 bridgehead atoms. The van der Waals surface area contributed by atoms with Crippen LogP contribution in [0.2, 0.25) is 0 Å². The molecule has 2 rings (SSSR count). The van der Waals surface area contributed by atoms with E-state index in [1.165, 1.54) is 0 Å². The van der Waals surface area contributed by atoms with Crippen LogP contribution in [-0.2, 0) is 4.79 Å². The highest BCUT2D eigenvalue weighted by molar-refractivity contribution is 5.76. The maximum absolute atomic E-state index is 11.7. The summed E-state index contributed by atoms with van der Waals surface area (Å²) < 4.78 is 0. The maximum atomic E-state index is 11.7. The molecule has 0 fully saturated rings. The summed E-state index contributed by atoms with van der Waals surface area (Å²) in [6.07, 6.45) is 6.93. The second kappa shape index (κ2) is 4.87. The Morgan fingerprint density at radius 3 is 3.25 bits per heavy atom. The molecule has 1 aliphatic rings.